The average molecular weight is 499 g/mol. The van der Waals surface area contributed by atoms with E-state index in [0.717, 1.165) is 28.7 Å². The van der Waals surface area contributed by atoms with E-state index >= 15 is 0 Å². The molecule has 0 radical (unpaired) electrons. The number of hydrogen-bond donors (Lipinski definition) is 1. The predicted molar refractivity (Wildman–Crippen MR) is 134 cm³/mol. The first-order valence-corrected chi connectivity index (χ1v) is 11.5. The van der Waals surface area contributed by atoms with Crippen LogP contribution in [-0.4, -0.2) is 54.7 Å². The van der Waals surface area contributed by atoms with Gasteiger partial charge in [0.1, 0.15) is 24.2 Å². The largest absolute Gasteiger partial charge is 0.490 e. The molecule has 5 aromatic heterocycles. The quantitative estimate of drug-likeness (QED) is 0.345. The maximum absolute atomic E-state index is 13.3. The molecule has 1 N–H and O–H groups in total. The molecule has 186 valence electrons. The summed E-state index contributed by atoms with van der Waals surface area (Å²) in [5.41, 5.74) is 3.58. The molecule has 37 heavy (non-hydrogen) atoms. The van der Waals surface area contributed by atoms with Gasteiger partial charge in [0.2, 0.25) is 0 Å². The molecule has 0 saturated carbocycles. The third kappa shape index (κ3) is 4.70. The number of rotatable bonds is 8. The van der Waals surface area contributed by atoms with Crippen molar-refractivity contribution < 1.29 is 14.2 Å². The summed E-state index contributed by atoms with van der Waals surface area (Å²) in [4.78, 5) is 11.1. The zero-order chi connectivity index (χ0) is 25.9. The van der Waals surface area contributed by atoms with Gasteiger partial charge in [0.05, 0.1) is 48.5 Å². The summed E-state index contributed by atoms with van der Waals surface area (Å²) in [7, 11) is 1.94. The monoisotopic (exact) mass is 498 g/mol. The smallest absolute Gasteiger partial charge is 0.161 e. The number of nitriles is 1. The van der Waals surface area contributed by atoms with Crippen molar-refractivity contribution in [2.45, 2.75) is 13.0 Å². The first-order chi connectivity index (χ1) is 18.0. The van der Waals surface area contributed by atoms with Crippen LogP contribution in [0.25, 0.3) is 22.5 Å². The van der Waals surface area contributed by atoms with Crippen molar-refractivity contribution in [3.8, 4) is 28.8 Å². The van der Waals surface area contributed by atoms with Crippen LogP contribution in [-0.2, 0) is 0 Å². The molecule has 0 aliphatic heterocycles. The van der Waals surface area contributed by atoms with E-state index in [1.807, 2.05) is 43.1 Å². The van der Waals surface area contributed by atoms with Crippen molar-refractivity contribution in [1.29, 1.82) is 5.26 Å². The number of hydrogen-bond acceptors (Lipinski definition) is 8. The number of pyridine rings is 3. The average Bonchev–Trinajstić information content (AvgIpc) is 3.56. The molecule has 5 heterocycles. The van der Waals surface area contributed by atoms with Gasteiger partial charge in [-0.1, -0.05) is 6.07 Å². The molecule has 10 nitrogen and oxygen atoms in total. The topological polar surface area (TPSA) is 117 Å². The molecule has 0 fully saturated rings. The number of ether oxygens (including phenoxy) is 1. The Morgan fingerprint density at radius 2 is 1.97 bits per heavy atom. The summed E-state index contributed by atoms with van der Waals surface area (Å²) >= 11 is 0. The third-order valence-electron chi connectivity index (χ3n) is 6.11. The number of aliphatic hydroxyl groups is 1. The summed E-state index contributed by atoms with van der Waals surface area (Å²) in [6.07, 6.45) is 9.07. The van der Waals surface area contributed by atoms with E-state index in [9.17, 15) is 9.65 Å². The number of aromatic nitrogens is 6. The Morgan fingerprint density at radius 1 is 1.11 bits per heavy atom. The molecule has 5 aromatic rings. The molecule has 5 rings (SSSR count). The minimum absolute atomic E-state index is 0.0452. The van der Waals surface area contributed by atoms with Crippen molar-refractivity contribution in [2.75, 3.05) is 25.2 Å². The van der Waals surface area contributed by atoms with Crippen molar-refractivity contribution in [3.63, 3.8) is 0 Å². The van der Waals surface area contributed by atoms with Gasteiger partial charge in [-0.2, -0.15) is 15.5 Å². The highest BCUT2D eigenvalue weighted by Crippen LogP contribution is 2.32. The fraction of sp³-hybridized carbons (Fsp3) is 0.192. The van der Waals surface area contributed by atoms with Gasteiger partial charge in [-0.15, -0.1) is 0 Å². The van der Waals surface area contributed by atoms with Crippen LogP contribution < -0.4 is 9.64 Å². The normalized spacial score (nSPS) is 11.9. The van der Waals surface area contributed by atoms with Gasteiger partial charge in [0, 0.05) is 30.6 Å². The van der Waals surface area contributed by atoms with E-state index in [4.69, 9.17) is 9.84 Å². The van der Waals surface area contributed by atoms with Gasteiger partial charge >= 0.3 is 0 Å². The number of halogens is 1. The second-order valence-electron chi connectivity index (χ2n) is 8.37. The molecule has 0 aliphatic rings. The fourth-order valence-electron chi connectivity index (χ4n) is 4.02. The zero-order valence-electron chi connectivity index (χ0n) is 20.2. The Kier molecular flexibility index (Phi) is 6.49. The van der Waals surface area contributed by atoms with E-state index in [0.29, 0.717) is 22.6 Å². The Bertz CT molecular complexity index is 1570. The van der Waals surface area contributed by atoms with Crippen LogP contribution in [0.5, 0.6) is 5.75 Å². The van der Waals surface area contributed by atoms with Crippen LogP contribution >= 0.6 is 0 Å². The van der Waals surface area contributed by atoms with Crippen molar-refractivity contribution >= 4 is 11.3 Å². The molecular formula is C26H23FN8O2. The lowest BCUT2D eigenvalue weighted by atomic mass is 10.0. The van der Waals surface area contributed by atoms with Gasteiger partial charge in [0.15, 0.2) is 11.6 Å². The lowest BCUT2D eigenvalue weighted by Crippen LogP contribution is -2.22. The van der Waals surface area contributed by atoms with Gasteiger partial charge in [-0.05, 0) is 36.8 Å². The highest BCUT2D eigenvalue weighted by Gasteiger charge is 2.17. The summed E-state index contributed by atoms with van der Waals surface area (Å²) in [5, 5.41) is 26.9. The number of aliphatic hydroxyl groups excluding tert-OH is 1. The second-order valence-corrected chi connectivity index (χ2v) is 8.37. The minimum atomic E-state index is -0.421. The van der Waals surface area contributed by atoms with Crippen LogP contribution in [0.2, 0.25) is 0 Å². The molecule has 1 unspecified atom stereocenters. The van der Waals surface area contributed by atoms with Crippen LogP contribution in [0.4, 0.5) is 10.2 Å². The predicted octanol–water partition coefficient (Wildman–Crippen LogP) is 3.56. The molecule has 0 spiro atoms. The first kappa shape index (κ1) is 23.9. The Balaban J connectivity index is 1.40. The number of nitrogens with zero attached hydrogens (tertiary/aromatic N) is 8. The highest BCUT2D eigenvalue weighted by atomic mass is 19.1. The van der Waals surface area contributed by atoms with Crippen LogP contribution in [0.3, 0.4) is 0 Å². The highest BCUT2D eigenvalue weighted by molar-refractivity contribution is 5.85. The third-order valence-corrected chi connectivity index (χ3v) is 6.11. The van der Waals surface area contributed by atoms with Gasteiger partial charge in [-0.3, -0.25) is 0 Å². The molecule has 0 saturated heterocycles. The maximum atomic E-state index is 13.3. The Labute approximate surface area is 211 Å². The standard InChI is InChI=1S/C26H23FN8O2/c1-17(18-3-6-25(30-11-18)34-15-21(27)14-32-34)33(2)24-5-4-19(12-29-24)23-9-22(37-8-7-36)16-35-26(23)20(10-28)13-31-35/h3-6,9,11-17,36H,7-8H2,1-2H3. The molecule has 1 atom stereocenters. The molecular weight excluding hydrogens is 475 g/mol. The summed E-state index contributed by atoms with van der Waals surface area (Å²) in [6, 6.07) is 11.5. The SMILES string of the molecule is CC(c1ccc(-n2cc(F)cn2)nc1)N(C)c1ccc(-c2cc(OCCO)cn3ncc(C#N)c23)cn1. The lowest BCUT2D eigenvalue weighted by molar-refractivity contribution is 0.201. The Hall–Kier alpha value is -4.82. The summed E-state index contributed by atoms with van der Waals surface area (Å²) in [6.45, 7) is 2.07. The molecule has 0 aliphatic carbocycles. The number of fused-ring (bicyclic) bond motifs is 1. The summed E-state index contributed by atoms with van der Waals surface area (Å²) in [5.74, 6) is 1.37. The fourth-order valence-corrected chi connectivity index (χ4v) is 4.02. The van der Waals surface area contributed by atoms with Crippen LogP contribution in [0.15, 0.2) is 67.5 Å². The van der Waals surface area contributed by atoms with Crippen LogP contribution in [0.1, 0.15) is 24.1 Å². The first-order valence-electron chi connectivity index (χ1n) is 11.5. The maximum Gasteiger partial charge on any atom is 0.161 e. The molecule has 0 aromatic carbocycles. The van der Waals surface area contributed by atoms with E-state index in [2.05, 4.69) is 26.2 Å². The summed E-state index contributed by atoms with van der Waals surface area (Å²) < 4.78 is 21.8. The van der Waals surface area contributed by atoms with Gasteiger partial charge in [-0.25, -0.2) is 23.6 Å². The molecule has 0 bridgehead atoms. The second kappa shape index (κ2) is 10.0. The van der Waals surface area contributed by atoms with E-state index in [1.165, 1.54) is 17.1 Å². The van der Waals surface area contributed by atoms with Crippen molar-refractivity contribution in [1.82, 2.24) is 29.4 Å². The Morgan fingerprint density at radius 3 is 2.62 bits per heavy atom. The molecule has 11 heteroatoms. The van der Waals surface area contributed by atoms with E-state index in [-0.39, 0.29) is 19.3 Å². The van der Waals surface area contributed by atoms with Crippen molar-refractivity contribution in [3.05, 3.63) is 84.5 Å². The van der Waals surface area contributed by atoms with Gasteiger partial charge < -0.3 is 14.7 Å². The lowest BCUT2D eigenvalue weighted by Gasteiger charge is -2.26. The number of anilines is 1. The van der Waals surface area contributed by atoms with Gasteiger partial charge in [0.25, 0.3) is 0 Å². The van der Waals surface area contributed by atoms with E-state index < -0.39 is 5.82 Å². The van der Waals surface area contributed by atoms with Crippen LogP contribution in [0, 0.1) is 17.1 Å². The van der Waals surface area contributed by atoms with E-state index in [1.54, 1.807) is 29.2 Å². The zero-order valence-corrected chi connectivity index (χ0v) is 20.2. The minimum Gasteiger partial charge on any atom is -0.490 e. The molecule has 0 amide bonds. The van der Waals surface area contributed by atoms with Crippen molar-refractivity contribution in [2.24, 2.45) is 0 Å².